The van der Waals surface area contributed by atoms with Gasteiger partial charge < -0.3 is 0 Å². The molecule has 2 rings (SSSR count). The smallest absolute Gasteiger partial charge is 0.160 e. The first kappa shape index (κ1) is 14.2. The molecule has 106 valence electrons. The number of likely N-dealkylation sites (tertiary alicyclic amines) is 1. The lowest BCUT2D eigenvalue weighted by Crippen LogP contribution is -2.53. The first-order chi connectivity index (χ1) is 9.14. The van der Waals surface area contributed by atoms with Crippen molar-refractivity contribution in [1.29, 1.82) is 0 Å². The Hall–Kier alpha value is -1.23. The first-order valence-electron chi connectivity index (χ1n) is 7.25. The van der Waals surface area contributed by atoms with Crippen LogP contribution in [0.15, 0.2) is 6.33 Å². The summed E-state index contributed by atoms with van der Waals surface area (Å²) < 4.78 is 1.69. The fourth-order valence-electron chi connectivity index (χ4n) is 3.20. The van der Waals surface area contributed by atoms with Gasteiger partial charge in [0.2, 0.25) is 0 Å². The van der Waals surface area contributed by atoms with E-state index in [0.717, 1.165) is 31.8 Å². The Morgan fingerprint density at radius 3 is 2.42 bits per heavy atom. The molecule has 19 heavy (non-hydrogen) atoms. The molecule has 0 amide bonds. The third-order valence-electron chi connectivity index (χ3n) is 4.52. The van der Waals surface area contributed by atoms with Gasteiger partial charge in [-0.15, -0.1) is 0 Å². The molecule has 1 aliphatic heterocycles. The quantitative estimate of drug-likeness (QED) is 0.783. The van der Waals surface area contributed by atoms with Crippen molar-refractivity contribution in [3.05, 3.63) is 12.2 Å². The number of aromatic nitrogens is 3. The zero-order chi connectivity index (χ0) is 13.9. The summed E-state index contributed by atoms with van der Waals surface area (Å²) in [5, 5.41) is 4.04. The zero-order valence-electron chi connectivity index (χ0n) is 12.2. The van der Waals surface area contributed by atoms with Crippen LogP contribution in [0.5, 0.6) is 0 Å². The van der Waals surface area contributed by atoms with Crippen molar-refractivity contribution >= 4 is 5.78 Å². The van der Waals surface area contributed by atoms with E-state index in [-0.39, 0.29) is 11.3 Å². The van der Waals surface area contributed by atoms with Crippen LogP contribution in [0.1, 0.15) is 45.4 Å². The number of hydrogen-bond acceptors (Lipinski definition) is 4. The van der Waals surface area contributed by atoms with Crippen LogP contribution < -0.4 is 0 Å². The molecule has 5 heteroatoms. The number of hydrogen-bond donors (Lipinski definition) is 0. The number of carbonyl (C=O) groups is 1. The highest BCUT2D eigenvalue weighted by Crippen LogP contribution is 2.30. The third-order valence-corrected chi connectivity index (χ3v) is 4.52. The van der Waals surface area contributed by atoms with E-state index in [2.05, 4.69) is 28.8 Å². The molecule has 0 N–H and O–H groups in total. The summed E-state index contributed by atoms with van der Waals surface area (Å²) in [4.78, 5) is 19.4. The van der Waals surface area contributed by atoms with E-state index in [1.807, 2.05) is 7.05 Å². The maximum Gasteiger partial charge on any atom is 0.160 e. The van der Waals surface area contributed by atoms with Crippen molar-refractivity contribution < 1.29 is 4.79 Å². The SMILES string of the molecule is CCC(CC)(C(=O)Cc1ncnn1C)N1CCCC1. The second-order valence-electron chi connectivity index (χ2n) is 5.33. The average molecular weight is 264 g/mol. The minimum Gasteiger partial charge on any atom is -0.297 e. The molecule has 1 aliphatic rings. The average Bonchev–Trinajstić information content (AvgIpc) is 3.05. The Bertz CT molecular complexity index is 430. The van der Waals surface area contributed by atoms with Gasteiger partial charge in [0.1, 0.15) is 12.2 Å². The summed E-state index contributed by atoms with van der Waals surface area (Å²) in [6.45, 7) is 6.34. The van der Waals surface area contributed by atoms with E-state index < -0.39 is 0 Å². The predicted octanol–water partition coefficient (Wildman–Crippen LogP) is 1.58. The largest absolute Gasteiger partial charge is 0.297 e. The van der Waals surface area contributed by atoms with E-state index in [1.165, 1.54) is 19.2 Å². The maximum absolute atomic E-state index is 12.8. The van der Waals surface area contributed by atoms with Gasteiger partial charge in [-0.25, -0.2) is 4.98 Å². The lowest BCUT2D eigenvalue weighted by molar-refractivity contribution is -0.130. The molecule has 1 aromatic rings. The second kappa shape index (κ2) is 5.82. The maximum atomic E-state index is 12.8. The second-order valence-corrected chi connectivity index (χ2v) is 5.33. The van der Waals surface area contributed by atoms with Crippen LogP contribution in [0.25, 0.3) is 0 Å². The zero-order valence-corrected chi connectivity index (χ0v) is 12.2. The molecule has 5 nitrogen and oxygen atoms in total. The molecular formula is C14H24N4O. The van der Waals surface area contributed by atoms with Gasteiger partial charge in [0.15, 0.2) is 5.78 Å². The summed E-state index contributed by atoms with van der Waals surface area (Å²) in [6.07, 6.45) is 6.06. The monoisotopic (exact) mass is 264 g/mol. The normalized spacial score (nSPS) is 17.0. The standard InChI is InChI=1S/C14H24N4O/c1-4-14(5-2,18-8-6-7-9-18)12(19)10-13-15-11-16-17(13)3/h11H,4-10H2,1-3H3. The van der Waals surface area contributed by atoms with Gasteiger partial charge in [-0.05, 0) is 38.8 Å². The molecule has 0 bridgehead atoms. The van der Waals surface area contributed by atoms with Crippen molar-refractivity contribution in [2.45, 2.75) is 51.5 Å². The van der Waals surface area contributed by atoms with Crippen LogP contribution in [0.3, 0.4) is 0 Å². The number of carbonyl (C=O) groups excluding carboxylic acids is 1. The topological polar surface area (TPSA) is 51.0 Å². The molecule has 0 aliphatic carbocycles. The summed E-state index contributed by atoms with van der Waals surface area (Å²) in [5.74, 6) is 1.05. The Kier molecular flexibility index (Phi) is 4.34. The van der Waals surface area contributed by atoms with Crippen LogP contribution in [0.2, 0.25) is 0 Å². The van der Waals surface area contributed by atoms with E-state index in [1.54, 1.807) is 4.68 Å². The molecule has 1 fully saturated rings. The van der Waals surface area contributed by atoms with E-state index in [9.17, 15) is 4.79 Å². The van der Waals surface area contributed by atoms with Gasteiger partial charge in [-0.3, -0.25) is 14.4 Å². The number of Topliss-reactive ketones (excluding diaryl/α,β-unsaturated/α-hetero) is 1. The molecule has 1 aromatic heterocycles. The predicted molar refractivity (Wildman–Crippen MR) is 73.8 cm³/mol. The number of nitrogens with zero attached hydrogens (tertiary/aromatic N) is 4. The van der Waals surface area contributed by atoms with Crippen LogP contribution in [0, 0.1) is 0 Å². The van der Waals surface area contributed by atoms with E-state index in [0.29, 0.717) is 6.42 Å². The van der Waals surface area contributed by atoms with Gasteiger partial charge in [0.25, 0.3) is 0 Å². The van der Waals surface area contributed by atoms with Crippen molar-refractivity contribution in [3.63, 3.8) is 0 Å². The Morgan fingerprint density at radius 2 is 1.95 bits per heavy atom. The molecule has 2 heterocycles. The third kappa shape index (κ3) is 2.56. The summed E-state index contributed by atoms with van der Waals surface area (Å²) in [6, 6.07) is 0. The van der Waals surface area contributed by atoms with Gasteiger partial charge in [-0.2, -0.15) is 5.10 Å². The van der Waals surface area contributed by atoms with Crippen molar-refractivity contribution in [2.75, 3.05) is 13.1 Å². The number of ketones is 1. The van der Waals surface area contributed by atoms with Gasteiger partial charge >= 0.3 is 0 Å². The number of aryl methyl sites for hydroxylation is 1. The van der Waals surface area contributed by atoms with Crippen molar-refractivity contribution in [1.82, 2.24) is 19.7 Å². The summed E-state index contributed by atoms with van der Waals surface area (Å²) in [7, 11) is 1.84. The fraction of sp³-hybridized carbons (Fsp3) is 0.786. The first-order valence-corrected chi connectivity index (χ1v) is 7.25. The molecule has 0 atom stereocenters. The van der Waals surface area contributed by atoms with Gasteiger partial charge in [0, 0.05) is 7.05 Å². The van der Waals surface area contributed by atoms with Crippen molar-refractivity contribution in [2.24, 2.45) is 7.05 Å². The molecule has 0 spiro atoms. The fourth-order valence-corrected chi connectivity index (χ4v) is 3.20. The van der Waals surface area contributed by atoms with Crippen LogP contribution in [-0.4, -0.2) is 44.1 Å². The Labute approximate surface area is 115 Å². The van der Waals surface area contributed by atoms with Gasteiger partial charge in [-0.1, -0.05) is 13.8 Å². The van der Waals surface area contributed by atoms with Crippen molar-refractivity contribution in [3.8, 4) is 0 Å². The highest BCUT2D eigenvalue weighted by molar-refractivity contribution is 5.89. The summed E-state index contributed by atoms with van der Waals surface area (Å²) in [5.41, 5.74) is -0.303. The van der Waals surface area contributed by atoms with Crippen LogP contribution in [-0.2, 0) is 18.3 Å². The molecular weight excluding hydrogens is 240 g/mol. The lowest BCUT2D eigenvalue weighted by Gasteiger charge is -2.39. The molecule has 1 saturated heterocycles. The highest BCUT2D eigenvalue weighted by atomic mass is 16.1. The molecule has 0 radical (unpaired) electrons. The molecule has 0 aromatic carbocycles. The van der Waals surface area contributed by atoms with E-state index in [4.69, 9.17) is 0 Å². The number of rotatable bonds is 6. The summed E-state index contributed by atoms with van der Waals surface area (Å²) >= 11 is 0. The highest BCUT2D eigenvalue weighted by Gasteiger charge is 2.41. The minimum absolute atomic E-state index is 0.288. The Morgan fingerprint density at radius 1 is 1.32 bits per heavy atom. The minimum atomic E-state index is -0.303. The van der Waals surface area contributed by atoms with Gasteiger partial charge in [0.05, 0.1) is 12.0 Å². The molecule has 0 saturated carbocycles. The van der Waals surface area contributed by atoms with Crippen LogP contribution >= 0.6 is 0 Å². The molecule has 0 unspecified atom stereocenters. The van der Waals surface area contributed by atoms with E-state index >= 15 is 0 Å². The van der Waals surface area contributed by atoms with Crippen LogP contribution in [0.4, 0.5) is 0 Å². The Balaban J connectivity index is 2.18. The lowest BCUT2D eigenvalue weighted by atomic mass is 9.84.